The zero-order valence-electron chi connectivity index (χ0n) is 18.8. The van der Waals surface area contributed by atoms with Gasteiger partial charge in [0, 0.05) is 24.5 Å². The van der Waals surface area contributed by atoms with Crippen LogP contribution in [0.1, 0.15) is 36.5 Å². The van der Waals surface area contributed by atoms with Crippen LogP contribution in [0.15, 0.2) is 70.7 Å². The molecule has 1 aliphatic rings. The molecule has 1 atom stereocenters. The van der Waals surface area contributed by atoms with E-state index in [0.717, 1.165) is 24.3 Å². The Bertz CT molecular complexity index is 1310. The van der Waals surface area contributed by atoms with Crippen LogP contribution < -0.4 is 15.8 Å². The van der Waals surface area contributed by atoms with Crippen LogP contribution >= 0.6 is 12.2 Å². The van der Waals surface area contributed by atoms with Crippen molar-refractivity contribution in [1.82, 2.24) is 9.97 Å². The minimum Gasteiger partial charge on any atom is -0.466 e. The minimum absolute atomic E-state index is 0.217. The molecule has 0 aliphatic carbocycles. The van der Waals surface area contributed by atoms with Crippen molar-refractivity contribution in [1.29, 1.82) is 0 Å². The molecule has 2 aromatic carbocycles. The average molecular weight is 463 g/mol. The summed E-state index contributed by atoms with van der Waals surface area (Å²) in [7, 11) is 1.34. The molecule has 1 aliphatic heterocycles. The van der Waals surface area contributed by atoms with E-state index < -0.39 is 11.9 Å². The van der Waals surface area contributed by atoms with Gasteiger partial charge in [0.05, 0.1) is 24.2 Å². The van der Waals surface area contributed by atoms with E-state index in [1.807, 2.05) is 42.5 Å². The van der Waals surface area contributed by atoms with Crippen molar-refractivity contribution in [2.75, 3.05) is 23.9 Å². The van der Waals surface area contributed by atoms with Crippen molar-refractivity contribution < 1.29 is 9.53 Å². The molecule has 0 spiro atoms. The lowest BCUT2D eigenvalue weighted by atomic mass is 9.82. The number of rotatable bonds is 6. The van der Waals surface area contributed by atoms with Gasteiger partial charge in [-0.1, -0.05) is 42.5 Å². The van der Waals surface area contributed by atoms with Crippen molar-refractivity contribution in [2.45, 2.75) is 26.3 Å². The normalized spacial score (nSPS) is 14.9. The number of anilines is 2. The number of carbonyl (C=O) groups is 1. The van der Waals surface area contributed by atoms with Gasteiger partial charge in [-0.2, -0.15) is 0 Å². The lowest BCUT2D eigenvalue weighted by Crippen LogP contribution is -2.30. The van der Waals surface area contributed by atoms with Gasteiger partial charge in [-0.15, -0.1) is 0 Å². The van der Waals surface area contributed by atoms with Crippen molar-refractivity contribution >= 4 is 29.7 Å². The van der Waals surface area contributed by atoms with Crippen LogP contribution in [-0.4, -0.2) is 29.6 Å². The summed E-state index contributed by atoms with van der Waals surface area (Å²) in [6.07, 6.45) is 0. The minimum atomic E-state index is -0.595. The summed E-state index contributed by atoms with van der Waals surface area (Å²) in [5, 5.41) is 3.10. The fraction of sp³-hybridized carbons (Fsp3) is 0.240. The molecular formula is C25H26N4O3S. The van der Waals surface area contributed by atoms with Crippen LogP contribution in [0.4, 0.5) is 11.5 Å². The van der Waals surface area contributed by atoms with E-state index in [4.69, 9.17) is 17.0 Å². The summed E-state index contributed by atoms with van der Waals surface area (Å²) in [5.41, 5.74) is 4.16. The standard InChI is InChI=1S/C25H26N4O3S/c1-4-29(14-16-8-6-5-7-9-16)18-12-10-17(11-13-18)20-19(24(31)32-3)15(2)26-22-21(20)23(30)28-25(33)27-22/h5-13,20H,4,14H2,1-3H3,(H3,26,27,28,30,33). The molecule has 8 heteroatoms. The van der Waals surface area contributed by atoms with Crippen LogP contribution in [0.25, 0.3) is 0 Å². The Morgan fingerprint density at radius 1 is 1.09 bits per heavy atom. The predicted octanol–water partition coefficient (Wildman–Crippen LogP) is 4.46. The Labute approximate surface area is 197 Å². The van der Waals surface area contributed by atoms with Gasteiger partial charge in [0.15, 0.2) is 4.77 Å². The van der Waals surface area contributed by atoms with E-state index in [2.05, 4.69) is 39.2 Å². The molecule has 1 aromatic heterocycles. The topological polar surface area (TPSA) is 90.2 Å². The van der Waals surface area contributed by atoms with E-state index in [9.17, 15) is 9.59 Å². The molecule has 2 heterocycles. The van der Waals surface area contributed by atoms with Gasteiger partial charge in [0.1, 0.15) is 5.82 Å². The smallest absolute Gasteiger partial charge is 0.336 e. The van der Waals surface area contributed by atoms with Crippen molar-refractivity contribution in [2.24, 2.45) is 0 Å². The first-order valence-corrected chi connectivity index (χ1v) is 11.1. The molecule has 0 radical (unpaired) electrons. The fourth-order valence-electron chi connectivity index (χ4n) is 4.27. The second kappa shape index (κ2) is 9.46. The van der Waals surface area contributed by atoms with E-state index >= 15 is 0 Å². The summed E-state index contributed by atoms with van der Waals surface area (Å²) in [6, 6.07) is 18.2. The number of carbonyl (C=O) groups excluding carboxylic acids is 1. The Kier molecular flexibility index (Phi) is 6.46. The number of ether oxygens (including phenoxy) is 1. The number of benzene rings is 2. The molecule has 7 nitrogen and oxygen atoms in total. The van der Waals surface area contributed by atoms with Gasteiger partial charge in [-0.25, -0.2) is 4.79 Å². The third-order valence-electron chi connectivity index (χ3n) is 5.87. The van der Waals surface area contributed by atoms with E-state index in [0.29, 0.717) is 22.7 Å². The maximum absolute atomic E-state index is 12.9. The number of allylic oxidation sites excluding steroid dienone is 1. The van der Waals surface area contributed by atoms with E-state index in [1.54, 1.807) is 6.92 Å². The zero-order valence-corrected chi connectivity index (χ0v) is 19.6. The van der Waals surface area contributed by atoms with Crippen LogP contribution in [0, 0.1) is 4.77 Å². The molecule has 170 valence electrons. The zero-order chi connectivity index (χ0) is 23.5. The van der Waals surface area contributed by atoms with Crippen LogP contribution in [0.2, 0.25) is 0 Å². The van der Waals surface area contributed by atoms with Crippen molar-refractivity contribution in [3.8, 4) is 0 Å². The number of aromatic nitrogens is 2. The van der Waals surface area contributed by atoms with Gasteiger partial charge >= 0.3 is 5.97 Å². The van der Waals surface area contributed by atoms with Gasteiger partial charge < -0.3 is 19.9 Å². The Morgan fingerprint density at radius 2 is 1.79 bits per heavy atom. The first-order chi connectivity index (χ1) is 15.9. The molecule has 0 saturated heterocycles. The average Bonchev–Trinajstić information content (AvgIpc) is 2.82. The second-order valence-corrected chi connectivity index (χ2v) is 8.28. The molecule has 4 rings (SSSR count). The molecule has 1 unspecified atom stereocenters. The summed E-state index contributed by atoms with van der Waals surface area (Å²) in [6.45, 7) is 5.53. The number of aromatic amines is 2. The van der Waals surface area contributed by atoms with Crippen LogP contribution in [0.5, 0.6) is 0 Å². The highest BCUT2D eigenvalue weighted by Gasteiger charge is 2.35. The van der Waals surface area contributed by atoms with Gasteiger partial charge in [0.2, 0.25) is 0 Å². The highest BCUT2D eigenvalue weighted by molar-refractivity contribution is 7.71. The number of nitrogens with one attached hydrogen (secondary N) is 3. The number of methoxy groups -OCH3 is 1. The quantitative estimate of drug-likeness (QED) is 0.370. The lowest BCUT2D eigenvalue weighted by molar-refractivity contribution is -0.136. The van der Waals surface area contributed by atoms with Gasteiger partial charge in [0.25, 0.3) is 5.56 Å². The number of fused-ring (bicyclic) bond motifs is 1. The maximum Gasteiger partial charge on any atom is 0.336 e. The number of nitrogens with zero attached hydrogens (tertiary/aromatic N) is 1. The lowest BCUT2D eigenvalue weighted by Gasteiger charge is -2.29. The molecule has 0 bridgehead atoms. The van der Waals surface area contributed by atoms with E-state index in [-0.39, 0.29) is 10.3 Å². The molecule has 0 saturated carbocycles. The van der Waals surface area contributed by atoms with Crippen molar-refractivity contribution in [3.63, 3.8) is 0 Å². The Morgan fingerprint density at radius 3 is 2.42 bits per heavy atom. The number of H-pyrrole nitrogens is 2. The third kappa shape index (κ3) is 4.47. The summed E-state index contributed by atoms with van der Waals surface area (Å²) in [5.74, 6) is -0.592. The molecular weight excluding hydrogens is 436 g/mol. The SMILES string of the molecule is CCN(Cc1ccccc1)c1ccc(C2C(C(=O)OC)=C(C)Nc3[nH]c(=S)[nH]c(=O)c32)cc1. The molecule has 0 amide bonds. The van der Waals surface area contributed by atoms with Crippen LogP contribution in [0.3, 0.4) is 0 Å². The highest BCUT2D eigenvalue weighted by atomic mass is 32.1. The van der Waals surface area contributed by atoms with Gasteiger partial charge in [-0.3, -0.25) is 9.78 Å². The summed E-state index contributed by atoms with van der Waals surface area (Å²) >= 11 is 5.13. The first-order valence-electron chi connectivity index (χ1n) is 10.7. The number of hydrogen-bond acceptors (Lipinski definition) is 6. The summed E-state index contributed by atoms with van der Waals surface area (Å²) in [4.78, 5) is 33.5. The third-order valence-corrected chi connectivity index (χ3v) is 6.07. The monoisotopic (exact) mass is 462 g/mol. The molecule has 3 N–H and O–H groups in total. The first kappa shape index (κ1) is 22.5. The molecule has 0 fully saturated rings. The highest BCUT2D eigenvalue weighted by Crippen LogP contribution is 2.40. The maximum atomic E-state index is 12.9. The number of hydrogen-bond donors (Lipinski definition) is 3. The second-order valence-electron chi connectivity index (χ2n) is 7.88. The number of esters is 1. The largest absolute Gasteiger partial charge is 0.466 e. The van der Waals surface area contributed by atoms with Crippen LogP contribution in [-0.2, 0) is 16.1 Å². The predicted molar refractivity (Wildman–Crippen MR) is 132 cm³/mol. The summed E-state index contributed by atoms with van der Waals surface area (Å²) < 4.78 is 5.26. The fourth-order valence-corrected chi connectivity index (χ4v) is 4.46. The Balaban J connectivity index is 1.76. The van der Waals surface area contributed by atoms with Gasteiger partial charge in [-0.05, 0) is 49.3 Å². The van der Waals surface area contributed by atoms with Crippen molar-refractivity contribution in [3.05, 3.63) is 97.7 Å². The molecule has 33 heavy (non-hydrogen) atoms. The van der Waals surface area contributed by atoms with E-state index in [1.165, 1.54) is 12.7 Å². The Hall–Kier alpha value is -3.65. The molecule has 3 aromatic rings.